The van der Waals surface area contributed by atoms with Crippen molar-refractivity contribution in [1.29, 1.82) is 0 Å². The van der Waals surface area contributed by atoms with Gasteiger partial charge in [-0.25, -0.2) is 0 Å². The lowest BCUT2D eigenvalue weighted by Gasteiger charge is -2.16. The smallest absolute Gasteiger partial charge is 0.315 e. The van der Waals surface area contributed by atoms with E-state index >= 15 is 0 Å². The Morgan fingerprint density at radius 1 is 1.44 bits per heavy atom. The fourth-order valence-electron chi connectivity index (χ4n) is 1.67. The van der Waals surface area contributed by atoms with E-state index in [9.17, 15) is 9.90 Å². The lowest BCUT2D eigenvalue weighted by Crippen LogP contribution is -2.21. The van der Waals surface area contributed by atoms with Crippen molar-refractivity contribution in [1.82, 2.24) is 0 Å². The molecule has 0 amide bonds. The highest BCUT2D eigenvalue weighted by Crippen LogP contribution is 2.33. The monoisotopic (exact) mass is 220 g/mol. The fraction of sp³-hybridized carbons (Fsp3) is 0.250. The summed E-state index contributed by atoms with van der Waals surface area (Å²) >= 11 is 0. The lowest BCUT2D eigenvalue weighted by molar-refractivity contribution is -0.147. The molecule has 0 bridgehead atoms. The van der Waals surface area contributed by atoms with Gasteiger partial charge in [0, 0.05) is 5.56 Å². The van der Waals surface area contributed by atoms with Crippen LogP contribution in [0, 0.1) is 5.92 Å². The minimum Gasteiger partial charge on any atom is -0.468 e. The van der Waals surface area contributed by atoms with Crippen molar-refractivity contribution in [3.05, 3.63) is 42.2 Å². The average molecular weight is 220 g/mol. The predicted molar refractivity (Wildman–Crippen MR) is 56.7 cm³/mol. The van der Waals surface area contributed by atoms with Gasteiger partial charge in [0.2, 0.25) is 0 Å². The van der Waals surface area contributed by atoms with E-state index < -0.39 is 18.0 Å². The molecule has 0 aromatic heterocycles. The van der Waals surface area contributed by atoms with Gasteiger partial charge in [-0.2, -0.15) is 0 Å². The van der Waals surface area contributed by atoms with E-state index in [0.29, 0.717) is 11.3 Å². The van der Waals surface area contributed by atoms with E-state index in [1.807, 2.05) is 0 Å². The summed E-state index contributed by atoms with van der Waals surface area (Å²) in [4.78, 5) is 11.5. The maximum absolute atomic E-state index is 11.5. The van der Waals surface area contributed by atoms with Gasteiger partial charge in [-0.05, 0) is 12.1 Å². The Labute approximate surface area is 93.1 Å². The molecule has 1 aromatic rings. The highest BCUT2D eigenvalue weighted by atomic mass is 16.5. The number of methoxy groups -OCH3 is 1. The molecular weight excluding hydrogens is 208 g/mol. The number of ether oxygens (including phenoxy) is 2. The number of rotatable bonds is 1. The van der Waals surface area contributed by atoms with Crippen LogP contribution in [0.2, 0.25) is 0 Å². The number of esters is 1. The standard InChI is InChI=1S/C12H12O4/c1-15-12(14)9-6-7-16-10-5-3-2-4-8(10)11(9)13/h2-7,9,11,13H,1H3. The van der Waals surface area contributed by atoms with Crippen molar-refractivity contribution in [2.24, 2.45) is 5.92 Å². The van der Waals surface area contributed by atoms with Crippen LogP contribution < -0.4 is 4.74 Å². The molecule has 1 N–H and O–H groups in total. The van der Waals surface area contributed by atoms with Crippen LogP contribution in [0.15, 0.2) is 36.6 Å². The molecule has 4 heteroatoms. The Bertz CT molecular complexity index is 425. The zero-order chi connectivity index (χ0) is 11.5. The van der Waals surface area contributed by atoms with Crippen LogP contribution in [0.25, 0.3) is 0 Å². The first-order valence-electron chi connectivity index (χ1n) is 4.92. The second-order valence-corrected chi connectivity index (χ2v) is 3.48. The van der Waals surface area contributed by atoms with Gasteiger partial charge in [-0.3, -0.25) is 4.79 Å². The summed E-state index contributed by atoms with van der Waals surface area (Å²) in [7, 11) is 1.29. The van der Waals surface area contributed by atoms with Crippen molar-refractivity contribution >= 4 is 5.97 Å². The van der Waals surface area contributed by atoms with Gasteiger partial charge >= 0.3 is 5.97 Å². The normalized spacial score (nSPS) is 22.9. The Balaban J connectivity index is 2.39. The second kappa shape index (κ2) is 4.37. The van der Waals surface area contributed by atoms with E-state index in [2.05, 4.69) is 4.74 Å². The topological polar surface area (TPSA) is 55.8 Å². The Morgan fingerprint density at radius 2 is 2.19 bits per heavy atom. The number of fused-ring (bicyclic) bond motifs is 1. The van der Waals surface area contributed by atoms with Crippen LogP contribution in [0.4, 0.5) is 0 Å². The number of hydrogen-bond acceptors (Lipinski definition) is 4. The van der Waals surface area contributed by atoms with E-state index in [-0.39, 0.29) is 0 Å². The van der Waals surface area contributed by atoms with Crippen molar-refractivity contribution in [2.45, 2.75) is 6.10 Å². The molecule has 0 fully saturated rings. The van der Waals surface area contributed by atoms with Gasteiger partial charge in [0.25, 0.3) is 0 Å². The number of hydrogen-bond donors (Lipinski definition) is 1. The van der Waals surface area contributed by atoms with Gasteiger partial charge in [-0.15, -0.1) is 0 Å². The summed E-state index contributed by atoms with van der Waals surface area (Å²) in [6.07, 6.45) is 1.95. The van der Waals surface area contributed by atoms with Crippen LogP contribution in [0.5, 0.6) is 5.75 Å². The van der Waals surface area contributed by atoms with Crippen LogP contribution >= 0.6 is 0 Å². The predicted octanol–water partition coefficient (Wildman–Crippen LogP) is 1.42. The third-order valence-electron chi connectivity index (χ3n) is 2.53. The van der Waals surface area contributed by atoms with Gasteiger partial charge in [-0.1, -0.05) is 18.2 Å². The number of benzene rings is 1. The summed E-state index contributed by atoms with van der Waals surface area (Å²) in [5.74, 6) is -0.657. The van der Waals surface area contributed by atoms with Gasteiger partial charge in [0.1, 0.15) is 11.7 Å². The third kappa shape index (κ3) is 1.79. The third-order valence-corrected chi connectivity index (χ3v) is 2.53. The molecule has 0 radical (unpaired) electrons. The largest absolute Gasteiger partial charge is 0.468 e. The molecule has 1 aromatic carbocycles. The number of carbonyl (C=O) groups excluding carboxylic acids is 1. The van der Waals surface area contributed by atoms with Crippen LogP contribution in [-0.4, -0.2) is 18.2 Å². The number of carbonyl (C=O) groups is 1. The first-order chi connectivity index (χ1) is 7.74. The maximum atomic E-state index is 11.5. The Hall–Kier alpha value is -1.81. The molecular formula is C12H12O4. The summed E-state index contributed by atoms with van der Waals surface area (Å²) in [6.45, 7) is 0. The highest BCUT2D eigenvalue weighted by Gasteiger charge is 2.30. The molecule has 0 aliphatic carbocycles. The molecule has 2 atom stereocenters. The summed E-state index contributed by atoms with van der Waals surface area (Å²) in [5.41, 5.74) is 0.586. The average Bonchev–Trinajstić information content (AvgIpc) is 2.49. The molecule has 84 valence electrons. The van der Waals surface area contributed by atoms with Crippen molar-refractivity contribution in [2.75, 3.05) is 7.11 Å². The van der Waals surface area contributed by atoms with Gasteiger partial charge in [0.15, 0.2) is 0 Å². The minimum absolute atomic E-state index is 0.482. The molecule has 2 rings (SSSR count). The minimum atomic E-state index is -0.942. The van der Waals surface area contributed by atoms with Crippen molar-refractivity contribution in [3.8, 4) is 5.75 Å². The lowest BCUT2D eigenvalue weighted by atomic mass is 9.96. The molecule has 4 nitrogen and oxygen atoms in total. The summed E-state index contributed by atoms with van der Waals surface area (Å²) in [5, 5.41) is 10.1. The van der Waals surface area contributed by atoms with E-state index in [0.717, 1.165) is 0 Å². The molecule has 16 heavy (non-hydrogen) atoms. The van der Waals surface area contributed by atoms with Crippen molar-refractivity contribution in [3.63, 3.8) is 0 Å². The Kier molecular flexibility index (Phi) is 2.92. The highest BCUT2D eigenvalue weighted by molar-refractivity contribution is 5.75. The van der Waals surface area contributed by atoms with Gasteiger partial charge in [0.05, 0.1) is 19.5 Å². The van der Waals surface area contributed by atoms with Crippen LogP contribution in [-0.2, 0) is 9.53 Å². The van der Waals surface area contributed by atoms with Gasteiger partial charge < -0.3 is 14.6 Å². The van der Waals surface area contributed by atoms with Crippen LogP contribution in [0.3, 0.4) is 0 Å². The molecule has 2 unspecified atom stereocenters. The number of para-hydroxylation sites is 1. The summed E-state index contributed by atoms with van der Waals surface area (Å²) < 4.78 is 9.92. The van der Waals surface area contributed by atoms with Crippen molar-refractivity contribution < 1.29 is 19.4 Å². The zero-order valence-electron chi connectivity index (χ0n) is 8.79. The fourth-order valence-corrected chi connectivity index (χ4v) is 1.67. The number of aliphatic hydroxyl groups excluding tert-OH is 1. The summed E-state index contributed by atoms with van der Waals surface area (Å²) in [6, 6.07) is 7.05. The Morgan fingerprint density at radius 3 is 2.94 bits per heavy atom. The molecule has 0 spiro atoms. The molecule has 0 saturated heterocycles. The maximum Gasteiger partial charge on any atom is 0.315 e. The quantitative estimate of drug-likeness (QED) is 0.727. The van der Waals surface area contributed by atoms with E-state index in [4.69, 9.17) is 4.74 Å². The molecule has 0 saturated carbocycles. The molecule has 1 aliphatic rings. The SMILES string of the molecule is COC(=O)C1C=COc2ccccc2C1O. The molecule has 1 aliphatic heterocycles. The first kappa shape index (κ1) is 10.7. The first-order valence-corrected chi connectivity index (χ1v) is 4.92. The molecule has 1 heterocycles. The number of aliphatic hydroxyl groups is 1. The zero-order valence-corrected chi connectivity index (χ0v) is 8.79. The van der Waals surface area contributed by atoms with E-state index in [1.54, 1.807) is 24.3 Å². The van der Waals surface area contributed by atoms with Crippen LogP contribution in [0.1, 0.15) is 11.7 Å². The van der Waals surface area contributed by atoms with E-state index in [1.165, 1.54) is 19.4 Å². The second-order valence-electron chi connectivity index (χ2n) is 3.48.